The second kappa shape index (κ2) is 8.22. The number of benzene rings is 5. The van der Waals surface area contributed by atoms with Crippen LogP contribution >= 0.6 is 27.5 Å². The molecule has 1 heterocycles. The number of aromatic nitrogens is 1. The van der Waals surface area contributed by atoms with Gasteiger partial charge in [0.25, 0.3) is 0 Å². The van der Waals surface area contributed by atoms with Gasteiger partial charge in [-0.2, -0.15) is 0 Å². The normalized spacial score (nSPS) is 11.3. The van der Waals surface area contributed by atoms with Gasteiger partial charge in [0, 0.05) is 20.9 Å². The molecule has 0 N–H and O–H groups in total. The Morgan fingerprint density at radius 3 is 1.52 bits per heavy atom. The lowest BCUT2D eigenvalue weighted by Crippen LogP contribution is -1.94. The van der Waals surface area contributed by atoms with Crippen molar-refractivity contribution in [1.29, 1.82) is 0 Å². The fraction of sp³-hybridized carbons (Fsp3) is 0. The van der Waals surface area contributed by atoms with Gasteiger partial charge in [-0.25, -0.2) is 0 Å². The van der Waals surface area contributed by atoms with E-state index >= 15 is 0 Å². The third-order valence-electron chi connectivity index (χ3n) is 6.14. The van der Waals surface area contributed by atoms with E-state index in [1.165, 1.54) is 33.0 Å². The molecule has 33 heavy (non-hydrogen) atoms. The van der Waals surface area contributed by atoms with E-state index in [-0.39, 0.29) is 0 Å². The fourth-order valence-electron chi connectivity index (χ4n) is 4.55. The summed E-state index contributed by atoms with van der Waals surface area (Å²) in [7, 11) is 0. The van der Waals surface area contributed by atoms with E-state index < -0.39 is 0 Å². The molecule has 0 bridgehead atoms. The number of nitrogens with zero attached hydrogens (tertiary/aromatic N) is 1. The predicted molar refractivity (Wildman–Crippen MR) is 144 cm³/mol. The number of hydrogen-bond acceptors (Lipinski definition) is 0. The zero-order valence-electron chi connectivity index (χ0n) is 17.7. The minimum Gasteiger partial charge on any atom is -0.309 e. The van der Waals surface area contributed by atoms with Gasteiger partial charge in [-0.05, 0) is 80.6 Å². The maximum Gasteiger partial charge on any atom is 0.0568 e. The topological polar surface area (TPSA) is 4.93 Å². The largest absolute Gasteiger partial charge is 0.309 e. The summed E-state index contributed by atoms with van der Waals surface area (Å²) in [5.74, 6) is 0. The van der Waals surface area contributed by atoms with Gasteiger partial charge in [-0.3, -0.25) is 0 Å². The molecule has 0 radical (unpaired) electrons. The number of rotatable bonds is 3. The van der Waals surface area contributed by atoms with Crippen molar-refractivity contribution in [2.24, 2.45) is 0 Å². The van der Waals surface area contributed by atoms with Crippen LogP contribution in [0.15, 0.2) is 120 Å². The highest BCUT2D eigenvalue weighted by Crippen LogP contribution is 2.38. The monoisotopic (exact) mass is 507 g/mol. The minimum absolute atomic E-state index is 0.698. The number of halogens is 2. The molecule has 0 aliphatic heterocycles. The van der Waals surface area contributed by atoms with Gasteiger partial charge in [0.2, 0.25) is 0 Å². The molecule has 6 aromatic rings. The van der Waals surface area contributed by atoms with E-state index in [1.54, 1.807) is 0 Å². The van der Waals surface area contributed by atoms with Crippen molar-refractivity contribution in [3.8, 4) is 27.9 Å². The molecule has 0 aliphatic rings. The lowest BCUT2D eigenvalue weighted by atomic mass is 10.0. The summed E-state index contributed by atoms with van der Waals surface area (Å²) in [5.41, 5.74) is 8.21. The van der Waals surface area contributed by atoms with Gasteiger partial charge in [0.05, 0.1) is 16.1 Å². The van der Waals surface area contributed by atoms with E-state index in [0.717, 1.165) is 21.2 Å². The molecular weight excluding hydrogens is 490 g/mol. The average molecular weight is 509 g/mol. The van der Waals surface area contributed by atoms with Crippen LogP contribution in [0.25, 0.3) is 49.7 Å². The Morgan fingerprint density at radius 2 is 1.03 bits per heavy atom. The van der Waals surface area contributed by atoms with Crippen molar-refractivity contribution >= 4 is 49.3 Å². The van der Waals surface area contributed by atoms with Gasteiger partial charge in [0.15, 0.2) is 0 Å². The van der Waals surface area contributed by atoms with Crippen LogP contribution in [0.3, 0.4) is 0 Å². The van der Waals surface area contributed by atoms with Crippen LogP contribution in [0.5, 0.6) is 0 Å². The lowest BCUT2D eigenvalue weighted by Gasteiger charge is -2.10. The van der Waals surface area contributed by atoms with E-state index in [4.69, 9.17) is 11.6 Å². The van der Waals surface area contributed by atoms with E-state index in [2.05, 4.69) is 124 Å². The lowest BCUT2D eigenvalue weighted by molar-refractivity contribution is 1.18. The molecule has 0 spiro atoms. The van der Waals surface area contributed by atoms with Gasteiger partial charge in [0.1, 0.15) is 0 Å². The molecule has 0 unspecified atom stereocenters. The molecule has 1 nitrogen and oxygen atoms in total. The zero-order valence-corrected chi connectivity index (χ0v) is 20.0. The average Bonchev–Trinajstić information content (AvgIpc) is 3.20. The number of fused-ring (bicyclic) bond motifs is 3. The third kappa shape index (κ3) is 3.56. The van der Waals surface area contributed by atoms with Crippen molar-refractivity contribution in [2.75, 3.05) is 0 Å². The summed E-state index contributed by atoms with van der Waals surface area (Å²) in [6.07, 6.45) is 0. The smallest absolute Gasteiger partial charge is 0.0568 e. The zero-order chi connectivity index (χ0) is 22.4. The second-order valence-corrected chi connectivity index (χ2v) is 9.39. The van der Waals surface area contributed by atoms with Crippen molar-refractivity contribution < 1.29 is 0 Å². The SMILES string of the molecule is Clc1cc(-n2c3ccc(-c4ccccc4)cc3c3cc(-c4ccccc4)ccc32)ccc1Br. The van der Waals surface area contributed by atoms with Crippen LogP contribution in [0, 0.1) is 0 Å². The minimum atomic E-state index is 0.698. The number of hydrogen-bond donors (Lipinski definition) is 0. The van der Waals surface area contributed by atoms with E-state index in [0.29, 0.717) is 5.02 Å². The van der Waals surface area contributed by atoms with E-state index in [1.807, 2.05) is 12.1 Å². The van der Waals surface area contributed by atoms with Gasteiger partial charge in [-0.1, -0.05) is 84.4 Å². The Labute approximate surface area is 206 Å². The van der Waals surface area contributed by atoms with Crippen molar-refractivity contribution in [3.05, 3.63) is 125 Å². The molecule has 158 valence electrons. The molecule has 5 aromatic carbocycles. The van der Waals surface area contributed by atoms with Crippen molar-refractivity contribution in [2.45, 2.75) is 0 Å². The molecule has 1 aromatic heterocycles. The maximum absolute atomic E-state index is 6.48. The Kier molecular flexibility index (Phi) is 5.05. The van der Waals surface area contributed by atoms with Gasteiger partial charge in [-0.15, -0.1) is 0 Å². The maximum atomic E-state index is 6.48. The molecule has 0 saturated heterocycles. The van der Waals surface area contributed by atoms with E-state index in [9.17, 15) is 0 Å². The first-order valence-electron chi connectivity index (χ1n) is 10.8. The Hall–Kier alpha value is -3.33. The van der Waals surface area contributed by atoms with Gasteiger partial charge >= 0.3 is 0 Å². The summed E-state index contributed by atoms with van der Waals surface area (Å²) in [6.45, 7) is 0. The highest BCUT2D eigenvalue weighted by molar-refractivity contribution is 9.10. The van der Waals surface area contributed by atoms with Gasteiger partial charge < -0.3 is 4.57 Å². The standard InChI is InChI=1S/C30H19BrClN/c31-27-14-13-24(19-28(27)32)33-29-15-11-22(20-7-3-1-4-8-20)17-25(29)26-18-23(12-16-30(26)33)21-9-5-2-6-10-21/h1-19H. The Balaban J connectivity index is 1.67. The molecule has 0 amide bonds. The van der Waals surface area contributed by atoms with Crippen LogP contribution in [0.4, 0.5) is 0 Å². The molecule has 0 fully saturated rings. The van der Waals surface area contributed by atoms with Crippen molar-refractivity contribution in [1.82, 2.24) is 4.57 Å². The highest BCUT2D eigenvalue weighted by atomic mass is 79.9. The van der Waals surface area contributed by atoms with Crippen LogP contribution in [0.2, 0.25) is 5.02 Å². The van der Waals surface area contributed by atoms with Crippen LogP contribution in [-0.2, 0) is 0 Å². The molecule has 0 saturated carbocycles. The Morgan fingerprint density at radius 1 is 0.515 bits per heavy atom. The molecule has 0 aliphatic carbocycles. The van der Waals surface area contributed by atoms with Crippen LogP contribution in [-0.4, -0.2) is 4.57 Å². The highest BCUT2D eigenvalue weighted by Gasteiger charge is 2.15. The second-order valence-electron chi connectivity index (χ2n) is 8.13. The summed E-state index contributed by atoms with van der Waals surface area (Å²) in [5, 5.41) is 3.15. The predicted octanol–water partition coefficient (Wildman–Crippen LogP) is 9.53. The Bertz CT molecular complexity index is 1520. The molecule has 6 rings (SSSR count). The first kappa shape index (κ1) is 20.3. The first-order valence-corrected chi connectivity index (χ1v) is 12.0. The quantitative estimate of drug-likeness (QED) is 0.224. The fourth-order valence-corrected chi connectivity index (χ4v) is 4.97. The first-order chi connectivity index (χ1) is 16.2. The van der Waals surface area contributed by atoms with Crippen LogP contribution < -0.4 is 0 Å². The molecule has 0 atom stereocenters. The molecule has 3 heteroatoms. The summed E-state index contributed by atoms with van der Waals surface area (Å²) >= 11 is 10.0. The summed E-state index contributed by atoms with van der Waals surface area (Å²) < 4.78 is 3.19. The summed E-state index contributed by atoms with van der Waals surface area (Å²) in [4.78, 5) is 0. The van der Waals surface area contributed by atoms with Crippen LogP contribution in [0.1, 0.15) is 0 Å². The summed E-state index contributed by atoms with van der Waals surface area (Å²) in [6, 6.07) is 40.6. The third-order valence-corrected chi connectivity index (χ3v) is 7.37. The molecular formula is C30H19BrClN. The van der Waals surface area contributed by atoms with Crippen molar-refractivity contribution in [3.63, 3.8) is 0 Å².